The van der Waals surface area contributed by atoms with Crippen LogP contribution in [-0.2, 0) is 28.4 Å². The molecule has 0 aromatic heterocycles. The van der Waals surface area contributed by atoms with Gasteiger partial charge in [0.25, 0.3) is 0 Å². The smallest absolute Gasteiger partial charge is 0.187 e. The molecule has 376 valence electrons. The van der Waals surface area contributed by atoms with Gasteiger partial charge in [-0.1, -0.05) is 53.2 Å². The molecule has 0 aromatic rings. The molecule has 7 aliphatic rings. The highest BCUT2D eigenvalue weighted by atomic mass is 16.7. The summed E-state index contributed by atoms with van der Waals surface area (Å²) in [6, 6.07) is 0. The van der Waals surface area contributed by atoms with Crippen LogP contribution < -0.4 is 0 Å². The van der Waals surface area contributed by atoms with Crippen molar-refractivity contribution in [2.75, 3.05) is 19.8 Å². The molecule has 0 bridgehead atoms. The Kier molecular flexibility index (Phi) is 15.1. The van der Waals surface area contributed by atoms with Gasteiger partial charge >= 0.3 is 0 Å². The maximum absolute atomic E-state index is 11.4. The number of rotatable bonds is 13. The largest absolute Gasteiger partial charge is 0.394 e. The normalized spacial score (nSPS) is 49.7. The summed E-state index contributed by atoms with van der Waals surface area (Å²) in [5, 5.41) is 129. The summed E-state index contributed by atoms with van der Waals surface area (Å²) >= 11 is 0. The number of ether oxygens (including phenoxy) is 6. The number of aliphatic hydroxyl groups excluding tert-OH is 11. The summed E-state index contributed by atoms with van der Waals surface area (Å²) in [5.74, 6) is 0.358. The van der Waals surface area contributed by atoms with Crippen molar-refractivity contribution in [3.63, 3.8) is 0 Å². The van der Waals surface area contributed by atoms with E-state index < -0.39 is 129 Å². The highest BCUT2D eigenvalue weighted by Crippen LogP contribution is 2.75. The van der Waals surface area contributed by atoms with Gasteiger partial charge in [0, 0.05) is 5.41 Å². The van der Waals surface area contributed by atoms with Crippen molar-refractivity contribution in [1.82, 2.24) is 0 Å². The molecular formula is C47H80O18. The molecule has 12 N–H and O–H groups in total. The van der Waals surface area contributed by atoms with Gasteiger partial charge in [-0.15, -0.1) is 0 Å². The van der Waals surface area contributed by atoms with Crippen molar-refractivity contribution in [3.05, 3.63) is 11.6 Å². The summed E-state index contributed by atoms with van der Waals surface area (Å²) < 4.78 is 35.3. The van der Waals surface area contributed by atoms with Gasteiger partial charge in [-0.05, 0) is 105 Å². The molecule has 0 aromatic carbocycles. The minimum atomic E-state index is -1.75. The molecule has 3 saturated heterocycles. The molecule has 0 radical (unpaired) electrons. The van der Waals surface area contributed by atoms with Gasteiger partial charge in [-0.2, -0.15) is 0 Å². The molecule has 6 fully saturated rings. The molecule has 18 nitrogen and oxygen atoms in total. The monoisotopic (exact) mass is 933 g/mol. The van der Waals surface area contributed by atoms with E-state index in [0.29, 0.717) is 12.3 Å². The first-order valence-electron chi connectivity index (χ1n) is 23.9. The Hall–Kier alpha value is -0.980. The molecule has 4 aliphatic carbocycles. The second-order valence-electron chi connectivity index (χ2n) is 22.6. The quantitative estimate of drug-likeness (QED) is 0.105. The van der Waals surface area contributed by atoms with E-state index in [4.69, 9.17) is 28.4 Å². The summed E-state index contributed by atoms with van der Waals surface area (Å²) in [5.41, 5.74) is -1.08. The molecule has 3 heterocycles. The number of hydrogen-bond acceptors (Lipinski definition) is 18. The van der Waals surface area contributed by atoms with Gasteiger partial charge in [0.1, 0.15) is 67.1 Å². The second-order valence-corrected chi connectivity index (χ2v) is 22.6. The molecular weight excluding hydrogens is 852 g/mol. The van der Waals surface area contributed by atoms with E-state index in [1.54, 1.807) is 0 Å². The first-order valence-corrected chi connectivity index (χ1v) is 23.9. The first kappa shape index (κ1) is 51.9. The predicted octanol–water partition coefficient (Wildman–Crippen LogP) is -0.417. The Morgan fingerprint density at radius 1 is 0.723 bits per heavy atom. The average Bonchev–Trinajstić information content (AvgIpc) is 3.53. The van der Waals surface area contributed by atoms with Crippen molar-refractivity contribution in [1.29, 1.82) is 0 Å². The van der Waals surface area contributed by atoms with Crippen LogP contribution in [0.3, 0.4) is 0 Å². The summed E-state index contributed by atoms with van der Waals surface area (Å²) in [6.07, 6.45) is -15.3. The fraction of sp³-hybridized carbons (Fsp3) is 0.957. The van der Waals surface area contributed by atoms with Crippen molar-refractivity contribution in [2.45, 2.75) is 217 Å². The third-order valence-electron chi connectivity index (χ3n) is 18.3. The zero-order chi connectivity index (χ0) is 47.9. The molecule has 24 atom stereocenters. The predicted molar refractivity (Wildman–Crippen MR) is 229 cm³/mol. The average molecular weight is 933 g/mol. The molecule has 7 rings (SSSR count). The van der Waals surface area contributed by atoms with Crippen LogP contribution in [0.15, 0.2) is 11.6 Å². The van der Waals surface area contributed by atoms with Crippen LogP contribution in [-0.4, -0.2) is 191 Å². The highest BCUT2D eigenvalue weighted by Gasteiger charge is 2.68. The van der Waals surface area contributed by atoms with E-state index in [9.17, 15) is 61.3 Å². The fourth-order valence-corrected chi connectivity index (χ4v) is 13.8. The van der Waals surface area contributed by atoms with Gasteiger partial charge < -0.3 is 89.7 Å². The number of hydrogen-bond donors (Lipinski definition) is 12. The van der Waals surface area contributed by atoms with E-state index in [-0.39, 0.29) is 47.0 Å². The third kappa shape index (κ3) is 8.94. The lowest BCUT2D eigenvalue weighted by Crippen LogP contribution is -2.63. The lowest BCUT2D eigenvalue weighted by Gasteiger charge is -2.66. The maximum Gasteiger partial charge on any atom is 0.187 e. The first-order chi connectivity index (χ1) is 30.2. The molecule has 0 unspecified atom stereocenters. The van der Waals surface area contributed by atoms with Crippen LogP contribution in [0.5, 0.6) is 0 Å². The van der Waals surface area contributed by atoms with Crippen LogP contribution in [0, 0.1) is 45.3 Å². The van der Waals surface area contributed by atoms with Crippen LogP contribution in [0.25, 0.3) is 0 Å². The molecule has 3 aliphatic heterocycles. The van der Waals surface area contributed by atoms with Gasteiger partial charge in [-0.25, -0.2) is 0 Å². The minimum Gasteiger partial charge on any atom is -0.394 e. The van der Waals surface area contributed by atoms with Gasteiger partial charge in [-0.3, -0.25) is 0 Å². The van der Waals surface area contributed by atoms with Gasteiger partial charge in [0.15, 0.2) is 18.9 Å². The Morgan fingerprint density at radius 2 is 1.38 bits per heavy atom. The Bertz CT molecular complexity index is 1660. The van der Waals surface area contributed by atoms with Crippen molar-refractivity contribution in [3.8, 4) is 0 Å². The van der Waals surface area contributed by atoms with E-state index in [0.717, 1.165) is 38.5 Å². The van der Waals surface area contributed by atoms with Crippen LogP contribution in [0.4, 0.5) is 0 Å². The van der Waals surface area contributed by atoms with E-state index in [1.807, 2.05) is 6.92 Å². The number of aliphatic hydroxyl groups is 12. The topological polar surface area (TPSA) is 298 Å². The standard InChI is InChI=1S/C47H80O18/c1-21(30(50)35(55)39(58)44(4,5)59)22-13-15-47(8)28-11-9-23-24(45(28,6)16-17-46(22,47)7)10-12-29(43(23,2)3)64-42-36(56)33(53)32(52)27(63-42)20-61-41-37(57)34(54)38(26(19-48)62-41)65-40-31(51)25(49)14-18-60-40/h9,21-22,24-42,48-59H,10-20H2,1-8H3/t21-,22+,24+,25-,26+,27+,28+,29-,30-,31+,32+,33-,34+,35+,36+,37+,38+,39+,40-,41+,42-,45-,46+,47-/m0/s1. The lowest BCUT2D eigenvalue weighted by molar-refractivity contribution is -0.355. The van der Waals surface area contributed by atoms with Crippen molar-refractivity contribution >= 4 is 0 Å². The Balaban J connectivity index is 1.00. The molecule has 65 heavy (non-hydrogen) atoms. The van der Waals surface area contributed by atoms with E-state index >= 15 is 0 Å². The zero-order valence-corrected chi connectivity index (χ0v) is 39.3. The van der Waals surface area contributed by atoms with Crippen molar-refractivity contribution < 1.29 is 89.7 Å². The van der Waals surface area contributed by atoms with Crippen molar-refractivity contribution in [2.24, 2.45) is 45.3 Å². The molecule has 3 saturated carbocycles. The van der Waals surface area contributed by atoms with Gasteiger partial charge in [0.05, 0.1) is 43.7 Å². The molecule has 0 amide bonds. The zero-order valence-electron chi connectivity index (χ0n) is 39.3. The SMILES string of the molecule is C[C@H]([C@H](O)[C@@H](O)[C@@H](O)C(C)(C)O)[C@H]1CC[C@@]2(C)[C@@H]3CC=C4[C@@H](CC[C@H](O[C@@H]5O[C@H](CO[C@@H]6O[C@H](CO)[C@@H](O[C@@H]7OCC[C@H](O)[C@H]7O)[C@H](O)[C@H]6O)[C@@H](O)[C@H](O)[C@H]5O)C4(C)C)[C@]3(C)CC[C@]12C. The molecule has 18 heteroatoms. The second kappa shape index (κ2) is 19.0. The van der Waals surface area contributed by atoms with Crippen LogP contribution in [0.1, 0.15) is 107 Å². The lowest BCUT2D eigenvalue weighted by atomic mass is 9.39. The van der Waals surface area contributed by atoms with Crippen LogP contribution >= 0.6 is 0 Å². The Morgan fingerprint density at radius 3 is 2.05 bits per heavy atom. The van der Waals surface area contributed by atoms with E-state index in [1.165, 1.54) is 19.4 Å². The summed E-state index contributed by atoms with van der Waals surface area (Å²) in [6.45, 7) is 15.1. The molecule has 0 spiro atoms. The fourth-order valence-electron chi connectivity index (χ4n) is 13.8. The summed E-state index contributed by atoms with van der Waals surface area (Å²) in [4.78, 5) is 0. The summed E-state index contributed by atoms with van der Waals surface area (Å²) in [7, 11) is 0. The van der Waals surface area contributed by atoms with E-state index in [2.05, 4.69) is 40.7 Å². The number of fused-ring (bicyclic) bond motifs is 5. The third-order valence-corrected chi connectivity index (χ3v) is 18.3. The maximum atomic E-state index is 11.4. The minimum absolute atomic E-state index is 0.0502. The van der Waals surface area contributed by atoms with Gasteiger partial charge in [0.2, 0.25) is 0 Å². The van der Waals surface area contributed by atoms with Crippen LogP contribution in [0.2, 0.25) is 0 Å². The Labute approximate surface area is 382 Å². The highest BCUT2D eigenvalue weighted by molar-refractivity contribution is 5.30. The number of allylic oxidation sites excluding steroid dienone is 1.